The number of methoxy groups -OCH3 is 3. The quantitative estimate of drug-likeness (QED) is 0.281. The molecular weight excluding hydrogens is 511 g/mol. The molecule has 2 N–H and O–H groups in total. The van der Waals surface area contributed by atoms with Crippen LogP contribution in [0, 0.1) is 5.41 Å². The molecule has 2 rings (SSSR count). The summed E-state index contributed by atoms with van der Waals surface area (Å²) < 4.78 is 16.4. The lowest BCUT2D eigenvalue weighted by atomic mass is 9.84. The topological polar surface area (TPSA) is 84.4 Å². The molecule has 0 saturated heterocycles. The second-order valence-corrected chi connectivity index (χ2v) is 7.73. The first-order valence-corrected chi connectivity index (χ1v) is 10.4. The summed E-state index contributed by atoms with van der Waals surface area (Å²) in [7, 11) is 8.43. The molecule has 1 aromatic rings. The van der Waals surface area contributed by atoms with E-state index in [2.05, 4.69) is 10.6 Å². The Bertz CT molecular complexity index is 749. The van der Waals surface area contributed by atoms with Crippen LogP contribution in [0.5, 0.6) is 17.2 Å². The number of ether oxygens (including phenoxy) is 3. The molecule has 8 nitrogen and oxygen atoms in total. The Morgan fingerprint density at radius 1 is 1.06 bits per heavy atom. The summed E-state index contributed by atoms with van der Waals surface area (Å²) in [5.74, 6) is 2.62. The lowest BCUT2D eigenvalue weighted by Crippen LogP contribution is -2.49. The number of rotatable bonds is 9. The van der Waals surface area contributed by atoms with E-state index >= 15 is 0 Å². The Morgan fingerprint density at radius 3 is 2.23 bits per heavy atom. The van der Waals surface area contributed by atoms with Gasteiger partial charge in [0.05, 0.1) is 33.3 Å². The Kier molecular flexibility index (Phi) is 11.2. The highest BCUT2D eigenvalue weighted by Gasteiger charge is 2.42. The molecule has 0 heterocycles. The van der Waals surface area contributed by atoms with Crippen molar-refractivity contribution in [3.63, 3.8) is 0 Å². The number of hydrogen-bond donors (Lipinski definition) is 2. The maximum Gasteiger partial charge on any atom is 0.230 e. The molecule has 0 unspecified atom stereocenters. The van der Waals surface area contributed by atoms with E-state index in [1.807, 2.05) is 33.2 Å². The minimum atomic E-state index is -0.360. The third-order valence-electron chi connectivity index (χ3n) is 5.55. The number of benzene rings is 1. The van der Waals surface area contributed by atoms with Crippen LogP contribution in [-0.4, -0.2) is 65.3 Å². The molecule has 0 aromatic heterocycles. The van der Waals surface area contributed by atoms with E-state index in [0.29, 0.717) is 36.3 Å². The fraction of sp³-hybridized carbons (Fsp3) is 0.636. The van der Waals surface area contributed by atoms with Crippen LogP contribution >= 0.6 is 24.0 Å². The molecule has 176 valence electrons. The number of carbonyl (C=O) groups excluding carboxylic acids is 1. The number of nitrogens with zero attached hydrogens (tertiary/aromatic N) is 2. The van der Waals surface area contributed by atoms with E-state index in [0.717, 1.165) is 37.8 Å². The van der Waals surface area contributed by atoms with Crippen LogP contribution in [0.1, 0.15) is 38.2 Å². The molecule has 0 atom stereocenters. The number of guanidine groups is 1. The van der Waals surface area contributed by atoms with Gasteiger partial charge in [0, 0.05) is 32.7 Å². The molecule has 1 amide bonds. The maximum absolute atomic E-state index is 12.8. The molecular formula is C22H37IN4O4. The molecule has 0 bridgehead atoms. The highest BCUT2D eigenvalue weighted by atomic mass is 127. The average molecular weight is 548 g/mol. The SMILES string of the molecule is CCNC(=NCc1ccc(OC)c(OC)c1OC)NCC1(C(=O)N(C)C)CCCC1.I. The summed E-state index contributed by atoms with van der Waals surface area (Å²) in [4.78, 5) is 19.2. The van der Waals surface area contributed by atoms with Crippen molar-refractivity contribution in [3.8, 4) is 17.2 Å². The summed E-state index contributed by atoms with van der Waals surface area (Å²) in [5.41, 5.74) is 0.521. The smallest absolute Gasteiger partial charge is 0.230 e. The van der Waals surface area contributed by atoms with E-state index < -0.39 is 0 Å². The molecule has 1 aromatic carbocycles. The molecule has 9 heteroatoms. The van der Waals surface area contributed by atoms with Crippen molar-refractivity contribution >= 4 is 35.8 Å². The Morgan fingerprint density at radius 2 is 1.71 bits per heavy atom. The fourth-order valence-electron chi connectivity index (χ4n) is 4.04. The normalized spacial score (nSPS) is 15.0. The van der Waals surface area contributed by atoms with Crippen molar-refractivity contribution in [2.24, 2.45) is 10.4 Å². The first-order chi connectivity index (χ1) is 14.4. The number of nitrogens with one attached hydrogen (secondary N) is 2. The zero-order valence-electron chi connectivity index (χ0n) is 19.5. The molecule has 0 spiro atoms. The lowest BCUT2D eigenvalue weighted by Gasteiger charge is -2.31. The number of aliphatic imine (C=N–C) groups is 1. The van der Waals surface area contributed by atoms with Gasteiger partial charge in [-0.2, -0.15) is 0 Å². The largest absolute Gasteiger partial charge is 0.493 e. The van der Waals surface area contributed by atoms with Crippen LogP contribution in [-0.2, 0) is 11.3 Å². The van der Waals surface area contributed by atoms with Crippen LogP contribution in [0.2, 0.25) is 0 Å². The third-order valence-corrected chi connectivity index (χ3v) is 5.55. The summed E-state index contributed by atoms with van der Waals surface area (Å²) in [5, 5.41) is 6.66. The predicted octanol–water partition coefficient (Wildman–Crippen LogP) is 3.03. The van der Waals surface area contributed by atoms with E-state index in [-0.39, 0.29) is 35.3 Å². The minimum Gasteiger partial charge on any atom is -0.493 e. The molecule has 0 radical (unpaired) electrons. The van der Waals surface area contributed by atoms with Gasteiger partial charge in [0.25, 0.3) is 0 Å². The van der Waals surface area contributed by atoms with Gasteiger partial charge >= 0.3 is 0 Å². The highest BCUT2D eigenvalue weighted by molar-refractivity contribution is 14.0. The van der Waals surface area contributed by atoms with Crippen molar-refractivity contribution in [2.75, 3.05) is 48.5 Å². The second kappa shape index (κ2) is 12.8. The molecule has 31 heavy (non-hydrogen) atoms. The van der Waals surface area contributed by atoms with Gasteiger partial charge in [-0.3, -0.25) is 4.79 Å². The fourth-order valence-corrected chi connectivity index (χ4v) is 4.04. The van der Waals surface area contributed by atoms with Crippen LogP contribution in [0.25, 0.3) is 0 Å². The number of hydrogen-bond acceptors (Lipinski definition) is 5. The number of amides is 1. The summed E-state index contributed by atoms with van der Waals surface area (Å²) in [6.45, 7) is 3.71. The van der Waals surface area contributed by atoms with Gasteiger partial charge in [-0.25, -0.2) is 4.99 Å². The monoisotopic (exact) mass is 548 g/mol. The van der Waals surface area contributed by atoms with Crippen molar-refractivity contribution in [1.29, 1.82) is 0 Å². The zero-order valence-corrected chi connectivity index (χ0v) is 21.9. The summed E-state index contributed by atoms with van der Waals surface area (Å²) in [6.07, 6.45) is 3.97. The molecule has 0 aliphatic heterocycles. The number of halogens is 1. The van der Waals surface area contributed by atoms with Crippen molar-refractivity contribution in [3.05, 3.63) is 17.7 Å². The van der Waals surface area contributed by atoms with Crippen molar-refractivity contribution in [1.82, 2.24) is 15.5 Å². The van der Waals surface area contributed by atoms with Crippen LogP contribution in [0.15, 0.2) is 17.1 Å². The van der Waals surface area contributed by atoms with Crippen LogP contribution in [0.4, 0.5) is 0 Å². The Labute approximate surface area is 203 Å². The van der Waals surface area contributed by atoms with E-state index in [1.54, 1.807) is 26.2 Å². The van der Waals surface area contributed by atoms with Gasteiger partial charge < -0.3 is 29.7 Å². The predicted molar refractivity (Wildman–Crippen MR) is 134 cm³/mol. The van der Waals surface area contributed by atoms with Crippen LogP contribution < -0.4 is 24.8 Å². The van der Waals surface area contributed by atoms with E-state index in [9.17, 15) is 4.79 Å². The molecule has 1 fully saturated rings. The standard InChI is InChI=1S/C22H36N4O4.HI/c1-7-23-21(25-15-22(12-8-9-13-22)20(27)26(2)3)24-14-16-10-11-17(28-4)19(30-6)18(16)29-5;/h10-11H,7-9,12-15H2,1-6H3,(H2,23,24,25);1H. The molecule has 1 aliphatic carbocycles. The van der Waals surface area contributed by atoms with Crippen molar-refractivity contribution in [2.45, 2.75) is 39.2 Å². The zero-order chi connectivity index (χ0) is 22.1. The first kappa shape index (κ1) is 27.1. The lowest BCUT2D eigenvalue weighted by molar-refractivity contribution is -0.138. The van der Waals surface area contributed by atoms with E-state index in [4.69, 9.17) is 19.2 Å². The minimum absolute atomic E-state index is 0. The number of carbonyl (C=O) groups is 1. The first-order valence-electron chi connectivity index (χ1n) is 10.4. The van der Waals surface area contributed by atoms with Gasteiger partial charge in [0.1, 0.15) is 0 Å². The summed E-state index contributed by atoms with van der Waals surface area (Å²) >= 11 is 0. The Balaban J connectivity index is 0.00000480. The average Bonchev–Trinajstić information content (AvgIpc) is 3.24. The van der Waals surface area contributed by atoms with Gasteiger partial charge in [0.15, 0.2) is 17.5 Å². The van der Waals surface area contributed by atoms with Gasteiger partial charge in [-0.1, -0.05) is 12.8 Å². The molecule has 1 saturated carbocycles. The van der Waals surface area contributed by atoms with Gasteiger partial charge in [0.2, 0.25) is 11.7 Å². The molecule has 1 aliphatic rings. The maximum atomic E-state index is 12.8. The second-order valence-electron chi connectivity index (χ2n) is 7.73. The van der Waals surface area contributed by atoms with Gasteiger partial charge in [-0.05, 0) is 31.9 Å². The van der Waals surface area contributed by atoms with E-state index in [1.165, 1.54) is 0 Å². The Hall–Kier alpha value is -1.91. The third kappa shape index (κ3) is 6.54. The highest BCUT2D eigenvalue weighted by Crippen LogP contribution is 2.40. The van der Waals surface area contributed by atoms with Crippen molar-refractivity contribution < 1.29 is 19.0 Å². The summed E-state index contributed by atoms with van der Waals surface area (Å²) in [6, 6.07) is 3.76. The van der Waals surface area contributed by atoms with Gasteiger partial charge in [-0.15, -0.1) is 24.0 Å². The van der Waals surface area contributed by atoms with Crippen LogP contribution in [0.3, 0.4) is 0 Å².